The van der Waals surface area contributed by atoms with E-state index in [4.69, 9.17) is 9.29 Å². The van der Waals surface area contributed by atoms with Gasteiger partial charge in [-0.1, -0.05) is 12.1 Å². The van der Waals surface area contributed by atoms with E-state index < -0.39 is 17.5 Å². The van der Waals surface area contributed by atoms with Gasteiger partial charge in [0.15, 0.2) is 0 Å². The minimum atomic E-state index is -2.34. The van der Waals surface area contributed by atoms with Crippen molar-refractivity contribution < 1.29 is 22.5 Å². The molecule has 0 saturated carbocycles. The molecule has 1 atom stereocenters. The molecule has 0 bridgehead atoms. The van der Waals surface area contributed by atoms with Crippen LogP contribution < -0.4 is 9.50 Å². The maximum absolute atomic E-state index is 11.4. The first kappa shape index (κ1) is 16.4. The fourth-order valence-corrected chi connectivity index (χ4v) is 1.58. The van der Waals surface area contributed by atoms with Gasteiger partial charge < -0.3 is 19.1 Å². The molecule has 1 amide bonds. The van der Waals surface area contributed by atoms with E-state index in [2.05, 4.69) is 9.50 Å². The first-order valence-electron chi connectivity index (χ1n) is 5.91. The molecule has 112 valence electrons. The van der Waals surface area contributed by atoms with Crippen LogP contribution in [-0.4, -0.2) is 46.9 Å². The molecule has 0 radical (unpaired) electrons. The Balaban J connectivity index is 2.30. The smallest absolute Gasteiger partial charge is 0.407 e. The molecule has 0 aliphatic rings. The average Bonchev–Trinajstić information content (AvgIpc) is 2.37. The van der Waals surface area contributed by atoms with E-state index in [0.29, 0.717) is 6.54 Å². The van der Waals surface area contributed by atoms with E-state index in [0.717, 1.165) is 12.1 Å². The second-order valence-corrected chi connectivity index (χ2v) is 4.85. The monoisotopic (exact) mass is 302 g/mol. The molecule has 1 unspecified atom stereocenters. The van der Waals surface area contributed by atoms with Gasteiger partial charge in [-0.15, -0.1) is 0 Å². The lowest BCUT2D eigenvalue weighted by molar-refractivity contribution is 0.139. The van der Waals surface area contributed by atoms with Crippen LogP contribution in [0.2, 0.25) is 0 Å². The lowest BCUT2D eigenvalue weighted by atomic mass is 10.2. The lowest BCUT2D eigenvalue weighted by Gasteiger charge is -2.10. The van der Waals surface area contributed by atoms with Gasteiger partial charge in [0.25, 0.3) is 0 Å². The summed E-state index contributed by atoms with van der Waals surface area (Å²) >= 11 is -2.34. The first-order valence-corrected chi connectivity index (χ1v) is 6.94. The van der Waals surface area contributed by atoms with Crippen LogP contribution in [0.1, 0.15) is 5.56 Å². The number of benzene rings is 1. The average molecular weight is 302 g/mol. The van der Waals surface area contributed by atoms with Gasteiger partial charge in [0.1, 0.15) is 12.4 Å². The van der Waals surface area contributed by atoms with Crippen LogP contribution >= 0.6 is 0 Å². The van der Waals surface area contributed by atoms with E-state index >= 15 is 0 Å². The summed E-state index contributed by atoms with van der Waals surface area (Å²) in [5.41, 5.74) is 0.754. The number of nitrogens with zero attached hydrogens (tertiary/aromatic N) is 1. The minimum Gasteiger partial charge on any atom is -0.445 e. The number of rotatable bonds is 7. The molecule has 1 aromatic rings. The van der Waals surface area contributed by atoms with Crippen molar-refractivity contribution in [1.82, 2.24) is 10.2 Å². The van der Waals surface area contributed by atoms with Crippen molar-refractivity contribution in [3.8, 4) is 5.75 Å². The zero-order valence-corrected chi connectivity index (χ0v) is 12.2. The van der Waals surface area contributed by atoms with Gasteiger partial charge in [-0.3, -0.25) is 4.55 Å². The SMILES string of the molecule is CN(C)CCNC(=O)OCc1ccc(OS(=O)O)cc1. The second-order valence-electron chi connectivity index (χ2n) is 4.25. The Morgan fingerprint density at radius 2 is 2.00 bits per heavy atom. The van der Waals surface area contributed by atoms with Gasteiger partial charge >= 0.3 is 17.5 Å². The molecule has 0 spiro atoms. The van der Waals surface area contributed by atoms with E-state index in [1.54, 1.807) is 12.1 Å². The summed E-state index contributed by atoms with van der Waals surface area (Å²) in [5, 5.41) is 2.62. The van der Waals surface area contributed by atoms with Crippen LogP contribution in [0.4, 0.5) is 4.79 Å². The predicted octanol–water partition coefficient (Wildman–Crippen LogP) is 0.990. The molecule has 0 aliphatic carbocycles. The number of hydrogen-bond acceptors (Lipinski definition) is 5. The van der Waals surface area contributed by atoms with Gasteiger partial charge in [0.2, 0.25) is 0 Å². The van der Waals surface area contributed by atoms with Crippen molar-refractivity contribution >= 4 is 17.5 Å². The summed E-state index contributed by atoms with van der Waals surface area (Å²) in [6.07, 6.45) is -0.483. The molecule has 1 aromatic carbocycles. The lowest BCUT2D eigenvalue weighted by Crippen LogP contribution is -2.31. The molecule has 0 fully saturated rings. The zero-order chi connectivity index (χ0) is 15.0. The fourth-order valence-electron chi connectivity index (χ4n) is 1.31. The molecular weight excluding hydrogens is 284 g/mol. The number of hydrogen-bond donors (Lipinski definition) is 2. The highest BCUT2D eigenvalue weighted by atomic mass is 32.2. The molecule has 8 heteroatoms. The molecule has 2 N–H and O–H groups in total. The van der Waals surface area contributed by atoms with Gasteiger partial charge in [-0.2, -0.15) is 4.21 Å². The Hall–Kier alpha value is -1.64. The van der Waals surface area contributed by atoms with Crippen molar-refractivity contribution in [3.05, 3.63) is 29.8 Å². The molecule has 1 rings (SSSR count). The third-order valence-corrected chi connectivity index (χ3v) is 2.62. The van der Waals surface area contributed by atoms with Crippen molar-refractivity contribution in [1.29, 1.82) is 0 Å². The summed E-state index contributed by atoms with van der Waals surface area (Å²) in [5.74, 6) is 0.269. The third kappa shape index (κ3) is 7.07. The van der Waals surface area contributed by atoms with Crippen molar-refractivity contribution in [2.75, 3.05) is 27.2 Å². The van der Waals surface area contributed by atoms with Crippen molar-refractivity contribution in [2.24, 2.45) is 0 Å². The van der Waals surface area contributed by atoms with Crippen molar-refractivity contribution in [3.63, 3.8) is 0 Å². The number of nitrogens with one attached hydrogen (secondary N) is 1. The Kier molecular flexibility index (Phi) is 6.99. The summed E-state index contributed by atoms with van der Waals surface area (Å²) in [4.78, 5) is 13.3. The summed E-state index contributed by atoms with van der Waals surface area (Å²) in [7, 11) is 3.83. The van der Waals surface area contributed by atoms with Gasteiger partial charge in [-0.25, -0.2) is 4.79 Å². The summed E-state index contributed by atoms with van der Waals surface area (Å²) in [6.45, 7) is 1.37. The second kappa shape index (κ2) is 8.51. The van der Waals surface area contributed by atoms with E-state index in [1.807, 2.05) is 19.0 Å². The van der Waals surface area contributed by atoms with Crippen LogP contribution in [0.15, 0.2) is 24.3 Å². The molecule has 0 saturated heterocycles. The van der Waals surface area contributed by atoms with Crippen LogP contribution in [0.3, 0.4) is 0 Å². The fraction of sp³-hybridized carbons (Fsp3) is 0.417. The van der Waals surface area contributed by atoms with Gasteiger partial charge in [0, 0.05) is 13.1 Å². The van der Waals surface area contributed by atoms with Crippen molar-refractivity contribution in [2.45, 2.75) is 6.61 Å². The number of ether oxygens (including phenoxy) is 1. The van der Waals surface area contributed by atoms with E-state index in [9.17, 15) is 9.00 Å². The molecule has 0 aliphatic heterocycles. The number of carbonyl (C=O) groups excluding carboxylic acids is 1. The maximum atomic E-state index is 11.4. The number of likely N-dealkylation sites (N-methyl/N-ethyl adjacent to an activating group) is 1. The third-order valence-electron chi connectivity index (χ3n) is 2.29. The number of alkyl carbamates (subject to hydrolysis) is 1. The minimum absolute atomic E-state index is 0.121. The molecule has 0 aromatic heterocycles. The predicted molar refractivity (Wildman–Crippen MR) is 74.6 cm³/mol. The van der Waals surface area contributed by atoms with E-state index in [-0.39, 0.29) is 12.4 Å². The number of carbonyl (C=O) groups is 1. The normalized spacial score (nSPS) is 12.0. The quantitative estimate of drug-likeness (QED) is 0.730. The first-order chi connectivity index (χ1) is 9.47. The zero-order valence-electron chi connectivity index (χ0n) is 11.4. The highest BCUT2D eigenvalue weighted by Gasteiger charge is 2.03. The van der Waals surface area contributed by atoms with Crippen LogP contribution in [0.5, 0.6) is 5.75 Å². The number of amides is 1. The highest BCUT2D eigenvalue weighted by molar-refractivity contribution is 7.74. The van der Waals surface area contributed by atoms with Gasteiger partial charge in [-0.05, 0) is 31.8 Å². The van der Waals surface area contributed by atoms with Crippen LogP contribution in [0, 0.1) is 0 Å². The Morgan fingerprint density at radius 1 is 1.35 bits per heavy atom. The topological polar surface area (TPSA) is 88.1 Å². The Bertz CT molecular complexity index is 450. The summed E-state index contributed by atoms with van der Waals surface area (Å²) in [6, 6.07) is 6.35. The maximum Gasteiger partial charge on any atom is 0.407 e. The van der Waals surface area contributed by atoms with Gasteiger partial charge in [0.05, 0.1) is 0 Å². The summed E-state index contributed by atoms with van der Waals surface area (Å²) < 4.78 is 28.6. The largest absolute Gasteiger partial charge is 0.445 e. The standard InChI is InChI=1S/C12H18N2O5S/c1-14(2)8-7-13-12(15)18-9-10-3-5-11(6-4-10)19-20(16)17/h3-6H,7-9H2,1-2H3,(H,13,15)(H,16,17). The van der Waals surface area contributed by atoms with E-state index in [1.165, 1.54) is 12.1 Å². The molecule has 7 nitrogen and oxygen atoms in total. The van der Waals surface area contributed by atoms with Crippen LogP contribution in [-0.2, 0) is 22.7 Å². The Morgan fingerprint density at radius 3 is 2.55 bits per heavy atom. The molecule has 20 heavy (non-hydrogen) atoms. The molecular formula is C12H18N2O5S. The van der Waals surface area contributed by atoms with Crippen LogP contribution in [0.25, 0.3) is 0 Å². The molecule has 0 heterocycles. The highest BCUT2D eigenvalue weighted by Crippen LogP contribution is 2.13. The Labute approximate surface area is 120 Å².